The number of para-hydroxylation sites is 1. The first-order chi connectivity index (χ1) is 8.30. The van der Waals surface area contributed by atoms with Crippen molar-refractivity contribution in [3.8, 4) is 0 Å². The standard InChI is InChI=1S/C11H14Cl3N3O/c1-17(2)10(18)16-9(11(12,13)14)15-8-6-4-3-5-7-8/h3-7,9,15H,1-2H3,(H,16,18)/t9-/m1/s1. The molecule has 0 fully saturated rings. The number of hydrogen-bond donors (Lipinski definition) is 2. The Labute approximate surface area is 121 Å². The van der Waals surface area contributed by atoms with Crippen LogP contribution in [0.3, 0.4) is 0 Å². The molecular weight excluding hydrogens is 296 g/mol. The maximum absolute atomic E-state index is 11.6. The summed E-state index contributed by atoms with van der Waals surface area (Å²) in [7, 11) is 3.21. The lowest BCUT2D eigenvalue weighted by atomic mass is 10.3. The Bertz CT molecular complexity index is 392. The molecule has 1 atom stereocenters. The Morgan fingerprint density at radius 2 is 1.78 bits per heavy atom. The van der Waals surface area contributed by atoms with E-state index in [9.17, 15) is 4.79 Å². The number of carbonyl (C=O) groups excluding carboxylic acids is 1. The molecule has 0 unspecified atom stereocenters. The highest BCUT2D eigenvalue weighted by molar-refractivity contribution is 6.68. The monoisotopic (exact) mass is 309 g/mol. The maximum atomic E-state index is 11.6. The van der Waals surface area contributed by atoms with Crippen LogP contribution in [0.25, 0.3) is 0 Å². The molecule has 1 aromatic rings. The molecule has 0 aliphatic heterocycles. The molecular formula is C11H14Cl3N3O. The lowest BCUT2D eigenvalue weighted by Crippen LogP contribution is -2.52. The van der Waals surface area contributed by atoms with Crippen molar-refractivity contribution in [2.75, 3.05) is 19.4 Å². The third kappa shape index (κ3) is 4.80. The topological polar surface area (TPSA) is 44.4 Å². The highest BCUT2D eigenvalue weighted by Gasteiger charge is 2.34. The van der Waals surface area contributed by atoms with Gasteiger partial charge in [-0.25, -0.2) is 4.79 Å². The fraction of sp³-hybridized carbons (Fsp3) is 0.364. The molecule has 0 saturated heterocycles. The molecule has 1 rings (SSSR count). The minimum absolute atomic E-state index is 0.352. The van der Waals surface area contributed by atoms with Crippen LogP contribution < -0.4 is 10.6 Å². The molecule has 0 aliphatic rings. The smallest absolute Gasteiger partial charge is 0.318 e. The van der Waals surface area contributed by atoms with Gasteiger partial charge in [-0.05, 0) is 12.1 Å². The van der Waals surface area contributed by atoms with Crippen LogP contribution in [0.1, 0.15) is 0 Å². The predicted octanol–water partition coefficient (Wildman–Crippen LogP) is 3.07. The minimum atomic E-state index is -1.67. The number of carbonyl (C=O) groups is 1. The first kappa shape index (κ1) is 15.2. The zero-order valence-electron chi connectivity index (χ0n) is 9.95. The van der Waals surface area contributed by atoms with Crippen LogP contribution in [0, 0.1) is 0 Å². The van der Waals surface area contributed by atoms with E-state index in [2.05, 4.69) is 10.6 Å². The van der Waals surface area contributed by atoms with Gasteiger partial charge in [0.1, 0.15) is 6.17 Å². The van der Waals surface area contributed by atoms with Crippen LogP contribution >= 0.6 is 34.8 Å². The first-order valence-corrected chi connectivity index (χ1v) is 6.30. The van der Waals surface area contributed by atoms with E-state index in [1.807, 2.05) is 30.3 Å². The normalized spacial score (nSPS) is 12.7. The van der Waals surface area contributed by atoms with Gasteiger partial charge >= 0.3 is 6.03 Å². The summed E-state index contributed by atoms with van der Waals surface area (Å²) in [5.41, 5.74) is 0.743. The van der Waals surface area contributed by atoms with Gasteiger partial charge in [-0.3, -0.25) is 0 Å². The first-order valence-electron chi connectivity index (χ1n) is 5.17. The predicted molar refractivity (Wildman–Crippen MR) is 76.4 cm³/mol. The molecule has 0 bridgehead atoms. The van der Waals surface area contributed by atoms with E-state index in [1.54, 1.807) is 14.1 Å². The number of anilines is 1. The number of amides is 2. The van der Waals surface area contributed by atoms with E-state index in [0.29, 0.717) is 0 Å². The Morgan fingerprint density at radius 1 is 1.22 bits per heavy atom. The van der Waals surface area contributed by atoms with Gasteiger partial charge in [0.25, 0.3) is 0 Å². The second-order valence-electron chi connectivity index (χ2n) is 3.83. The quantitative estimate of drug-likeness (QED) is 0.666. The molecule has 0 heterocycles. The molecule has 2 amide bonds. The van der Waals surface area contributed by atoms with Crippen LogP contribution in [-0.4, -0.2) is 35.0 Å². The highest BCUT2D eigenvalue weighted by Crippen LogP contribution is 2.31. The molecule has 7 heteroatoms. The van der Waals surface area contributed by atoms with Gasteiger partial charge in [-0.1, -0.05) is 53.0 Å². The summed E-state index contributed by atoms with van der Waals surface area (Å²) in [4.78, 5) is 12.9. The van der Waals surface area contributed by atoms with E-state index in [-0.39, 0.29) is 6.03 Å². The number of rotatable bonds is 3. The Hall–Kier alpha value is -0.840. The average molecular weight is 311 g/mol. The van der Waals surface area contributed by atoms with Crippen LogP contribution in [0.5, 0.6) is 0 Å². The van der Waals surface area contributed by atoms with E-state index < -0.39 is 9.96 Å². The molecule has 100 valence electrons. The molecule has 0 radical (unpaired) electrons. The van der Waals surface area contributed by atoms with Crippen molar-refractivity contribution < 1.29 is 4.79 Å². The Kier molecular flexibility index (Phi) is 5.38. The maximum Gasteiger partial charge on any atom is 0.318 e. The van der Waals surface area contributed by atoms with Gasteiger partial charge in [0, 0.05) is 19.8 Å². The zero-order chi connectivity index (χ0) is 13.8. The Balaban J connectivity index is 2.77. The van der Waals surface area contributed by atoms with Crippen molar-refractivity contribution in [1.29, 1.82) is 0 Å². The number of urea groups is 1. The van der Waals surface area contributed by atoms with Gasteiger partial charge in [0.15, 0.2) is 0 Å². The molecule has 0 spiro atoms. The lowest BCUT2D eigenvalue weighted by molar-refractivity contribution is 0.214. The Morgan fingerprint density at radius 3 is 2.22 bits per heavy atom. The number of alkyl halides is 3. The molecule has 18 heavy (non-hydrogen) atoms. The van der Waals surface area contributed by atoms with Crippen molar-refractivity contribution in [3.63, 3.8) is 0 Å². The second kappa shape index (κ2) is 6.36. The number of halogens is 3. The van der Waals surface area contributed by atoms with Crippen LogP contribution in [0.2, 0.25) is 0 Å². The molecule has 0 aromatic heterocycles. The SMILES string of the molecule is CN(C)C(=O)N[C@@H](Nc1ccccc1)C(Cl)(Cl)Cl. The second-order valence-corrected chi connectivity index (χ2v) is 6.20. The molecule has 2 N–H and O–H groups in total. The van der Waals surface area contributed by atoms with Gasteiger partial charge < -0.3 is 15.5 Å². The average Bonchev–Trinajstić information content (AvgIpc) is 2.28. The fourth-order valence-electron chi connectivity index (χ4n) is 1.15. The van der Waals surface area contributed by atoms with Crippen molar-refractivity contribution in [2.24, 2.45) is 0 Å². The summed E-state index contributed by atoms with van der Waals surface area (Å²) in [5, 5.41) is 5.54. The van der Waals surface area contributed by atoms with Crippen molar-refractivity contribution >= 4 is 46.5 Å². The number of benzene rings is 1. The van der Waals surface area contributed by atoms with Crippen molar-refractivity contribution in [2.45, 2.75) is 9.96 Å². The third-order valence-electron chi connectivity index (χ3n) is 2.09. The summed E-state index contributed by atoms with van der Waals surface area (Å²) in [6.07, 6.45) is -0.834. The van der Waals surface area contributed by atoms with Gasteiger partial charge in [-0.15, -0.1) is 0 Å². The number of nitrogens with one attached hydrogen (secondary N) is 2. The summed E-state index contributed by atoms with van der Waals surface area (Å²) in [6, 6.07) is 8.82. The zero-order valence-corrected chi connectivity index (χ0v) is 12.2. The third-order valence-corrected chi connectivity index (χ3v) is 2.74. The van der Waals surface area contributed by atoms with Gasteiger partial charge in [0.2, 0.25) is 3.79 Å². The largest absolute Gasteiger partial charge is 0.362 e. The van der Waals surface area contributed by atoms with Crippen molar-refractivity contribution in [1.82, 2.24) is 10.2 Å². The van der Waals surface area contributed by atoms with E-state index in [1.165, 1.54) is 4.90 Å². The summed E-state index contributed by atoms with van der Waals surface area (Å²) < 4.78 is -1.67. The minimum Gasteiger partial charge on any atom is -0.362 e. The molecule has 4 nitrogen and oxygen atoms in total. The van der Waals surface area contributed by atoms with Crippen LogP contribution in [-0.2, 0) is 0 Å². The van der Waals surface area contributed by atoms with Gasteiger partial charge in [0.05, 0.1) is 0 Å². The highest BCUT2D eigenvalue weighted by atomic mass is 35.6. The van der Waals surface area contributed by atoms with E-state index in [0.717, 1.165) is 5.69 Å². The number of nitrogens with zero attached hydrogens (tertiary/aromatic N) is 1. The van der Waals surface area contributed by atoms with E-state index >= 15 is 0 Å². The fourth-order valence-corrected chi connectivity index (χ4v) is 1.48. The number of hydrogen-bond acceptors (Lipinski definition) is 2. The van der Waals surface area contributed by atoms with E-state index in [4.69, 9.17) is 34.8 Å². The summed E-state index contributed by atoms with van der Waals surface area (Å²) in [6.45, 7) is 0. The van der Waals surface area contributed by atoms with Crippen molar-refractivity contribution in [3.05, 3.63) is 30.3 Å². The summed E-state index contributed by atoms with van der Waals surface area (Å²) >= 11 is 17.5. The molecule has 0 aliphatic carbocycles. The van der Waals surface area contributed by atoms with Crippen LogP contribution in [0.15, 0.2) is 30.3 Å². The molecule has 1 aromatic carbocycles. The molecule has 0 saturated carbocycles. The lowest BCUT2D eigenvalue weighted by Gasteiger charge is -2.28. The summed E-state index contributed by atoms with van der Waals surface area (Å²) in [5.74, 6) is 0. The van der Waals surface area contributed by atoms with Gasteiger partial charge in [-0.2, -0.15) is 0 Å². The van der Waals surface area contributed by atoms with Crippen LogP contribution in [0.4, 0.5) is 10.5 Å².